The zero-order valence-corrected chi connectivity index (χ0v) is 7.87. The van der Waals surface area contributed by atoms with E-state index < -0.39 is 0 Å². The Bertz CT molecular complexity index is 147. The highest BCUT2D eigenvalue weighted by atomic mass is 16.7. The molecule has 2 aliphatic rings. The average molecular weight is 186 g/mol. The molecular weight excluding hydrogens is 168 g/mol. The molecule has 2 rings (SSSR count). The van der Waals surface area contributed by atoms with Gasteiger partial charge in [-0.2, -0.15) is 0 Å². The van der Waals surface area contributed by atoms with Crippen LogP contribution in [-0.4, -0.2) is 31.1 Å². The Hall–Kier alpha value is -0.160. The summed E-state index contributed by atoms with van der Waals surface area (Å²) in [5.41, 5.74) is 11.5. The smallest absolute Gasteiger partial charge is 0.168 e. The zero-order chi connectivity index (χ0) is 9.31. The van der Waals surface area contributed by atoms with E-state index in [9.17, 15) is 0 Å². The van der Waals surface area contributed by atoms with E-state index in [0.717, 1.165) is 25.7 Å². The highest BCUT2D eigenvalue weighted by Gasteiger charge is 2.39. The first-order valence-electron chi connectivity index (χ1n) is 4.99. The van der Waals surface area contributed by atoms with Crippen LogP contribution in [0, 0.1) is 0 Å². The lowest BCUT2D eigenvalue weighted by Gasteiger charge is -2.43. The highest BCUT2D eigenvalue weighted by Crippen LogP contribution is 2.34. The largest absolute Gasteiger partial charge is 0.348 e. The lowest BCUT2D eigenvalue weighted by atomic mass is 9.90. The van der Waals surface area contributed by atoms with Crippen LogP contribution in [0.25, 0.3) is 0 Å². The summed E-state index contributed by atoms with van der Waals surface area (Å²) in [6.45, 7) is 1.24. The molecule has 0 atom stereocenters. The van der Waals surface area contributed by atoms with E-state index in [4.69, 9.17) is 20.9 Å². The van der Waals surface area contributed by atoms with Crippen LogP contribution in [0.5, 0.6) is 0 Å². The minimum Gasteiger partial charge on any atom is -0.348 e. The van der Waals surface area contributed by atoms with Crippen molar-refractivity contribution in [3.05, 3.63) is 0 Å². The van der Waals surface area contributed by atoms with Crippen LogP contribution >= 0.6 is 0 Å². The van der Waals surface area contributed by atoms with E-state index in [1.165, 1.54) is 0 Å². The minimum atomic E-state index is -0.342. The summed E-state index contributed by atoms with van der Waals surface area (Å²) in [7, 11) is 0. The molecule has 1 heterocycles. The van der Waals surface area contributed by atoms with Crippen LogP contribution in [0.4, 0.5) is 0 Å². The molecule has 1 saturated heterocycles. The van der Waals surface area contributed by atoms with Crippen LogP contribution < -0.4 is 11.5 Å². The first-order valence-corrected chi connectivity index (χ1v) is 4.99. The number of hydrogen-bond acceptors (Lipinski definition) is 4. The van der Waals surface area contributed by atoms with Crippen molar-refractivity contribution in [1.82, 2.24) is 0 Å². The fourth-order valence-corrected chi connectivity index (χ4v) is 1.98. The van der Waals surface area contributed by atoms with Gasteiger partial charge in [-0.15, -0.1) is 0 Å². The molecule has 4 N–H and O–H groups in total. The highest BCUT2D eigenvalue weighted by molar-refractivity contribution is 4.84. The first-order chi connectivity index (χ1) is 6.20. The standard InChI is InChI=1S/C9H18N2O2/c10-7-1-3-9(4-2-7)12-5-8(11)6-13-9/h7-8H,1-6,10-11H2. The Morgan fingerprint density at radius 1 is 0.923 bits per heavy atom. The number of rotatable bonds is 0. The lowest BCUT2D eigenvalue weighted by molar-refractivity contribution is -0.285. The summed E-state index contributed by atoms with van der Waals surface area (Å²) in [4.78, 5) is 0. The Morgan fingerprint density at radius 2 is 1.46 bits per heavy atom. The Morgan fingerprint density at radius 3 is 2.00 bits per heavy atom. The zero-order valence-electron chi connectivity index (χ0n) is 7.87. The SMILES string of the molecule is NC1CCC2(CC1)OCC(N)CO2. The fraction of sp³-hybridized carbons (Fsp3) is 1.00. The molecule has 76 valence electrons. The van der Waals surface area contributed by atoms with Crippen molar-refractivity contribution in [3.63, 3.8) is 0 Å². The summed E-state index contributed by atoms with van der Waals surface area (Å²) >= 11 is 0. The average Bonchev–Trinajstić information content (AvgIpc) is 2.16. The third kappa shape index (κ3) is 2.02. The van der Waals surface area contributed by atoms with Crippen molar-refractivity contribution in [2.45, 2.75) is 43.6 Å². The van der Waals surface area contributed by atoms with Crippen molar-refractivity contribution in [2.75, 3.05) is 13.2 Å². The van der Waals surface area contributed by atoms with Crippen LogP contribution in [0.1, 0.15) is 25.7 Å². The third-order valence-corrected chi connectivity index (χ3v) is 2.91. The normalized spacial score (nSPS) is 46.6. The molecule has 13 heavy (non-hydrogen) atoms. The van der Waals surface area contributed by atoms with E-state index in [1.807, 2.05) is 0 Å². The summed E-state index contributed by atoms with van der Waals surface area (Å²) in [6.07, 6.45) is 3.83. The Balaban J connectivity index is 1.90. The summed E-state index contributed by atoms with van der Waals surface area (Å²) in [6, 6.07) is 0.370. The number of nitrogens with two attached hydrogens (primary N) is 2. The second-order valence-electron chi connectivity index (χ2n) is 4.13. The van der Waals surface area contributed by atoms with Gasteiger partial charge in [0.15, 0.2) is 5.79 Å². The predicted octanol–water partition coefficient (Wildman–Crippen LogP) is -0.0419. The third-order valence-electron chi connectivity index (χ3n) is 2.91. The van der Waals surface area contributed by atoms with Crippen LogP contribution in [0.15, 0.2) is 0 Å². The van der Waals surface area contributed by atoms with E-state index in [1.54, 1.807) is 0 Å². The molecule has 4 heteroatoms. The maximum absolute atomic E-state index is 5.82. The Labute approximate surface area is 78.6 Å². The van der Waals surface area contributed by atoms with Crippen molar-refractivity contribution in [2.24, 2.45) is 11.5 Å². The van der Waals surface area contributed by atoms with Crippen LogP contribution in [0.3, 0.4) is 0 Å². The van der Waals surface area contributed by atoms with E-state index in [0.29, 0.717) is 19.3 Å². The molecule has 0 aromatic heterocycles. The molecule has 1 saturated carbocycles. The van der Waals surface area contributed by atoms with Crippen molar-refractivity contribution >= 4 is 0 Å². The van der Waals surface area contributed by atoms with Crippen LogP contribution in [-0.2, 0) is 9.47 Å². The van der Waals surface area contributed by atoms with Crippen molar-refractivity contribution in [3.8, 4) is 0 Å². The molecule has 2 fully saturated rings. The van der Waals surface area contributed by atoms with Crippen molar-refractivity contribution < 1.29 is 9.47 Å². The van der Waals surface area contributed by atoms with Crippen LogP contribution in [0.2, 0.25) is 0 Å². The molecule has 1 spiro atoms. The van der Waals surface area contributed by atoms with Gasteiger partial charge >= 0.3 is 0 Å². The maximum Gasteiger partial charge on any atom is 0.168 e. The quantitative estimate of drug-likeness (QED) is 0.557. The molecule has 0 radical (unpaired) electrons. The van der Waals surface area contributed by atoms with E-state index >= 15 is 0 Å². The summed E-state index contributed by atoms with van der Waals surface area (Å²) in [5.74, 6) is -0.342. The molecule has 1 aliphatic carbocycles. The van der Waals surface area contributed by atoms with Gasteiger partial charge in [-0.3, -0.25) is 0 Å². The molecule has 0 unspecified atom stereocenters. The second-order valence-corrected chi connectivity index (χ2v) is 4.13. The van der Waals surface area contributed by atoms with Gasteiger partial charge in [-0.25, -0.2) is 0 Å². The van der Waals surface area contributed by atoms with Gasteiger partial charge in [0, 0.05) is 18.9 Å². The molecule has 1 aliphatic heterocycles. The second kappa shape index (κ2) is 3.53. The molecule has 4 nitrogen and oxygen atoms in total. The Kier molecular flexibility index (Phi) is 2.55. The van der Waals surface area contributed by atoms with Gasteiger partial charge in [-0.1, -0.05) is 0 Å². The number of hydrogen-bond donors (Lipinski definition) is 2. The molecule has 0 bridgehead atoms. The lowest BCUT2D eigenvalue weighted by Crippen LogP contribution is -2.52. The fourth-order valence-electron chi connectivity index (χ4n) is 1.98. The van der Waals surface area contributed by atoms with Gasteiger partial charge in [0.05, 0.1) is 19.3 Å². The van der Waals surface area contributed by atoms with Gasteiger partial charge in [0.25, 0.3) is 0 Å². The topological polar surface area (TPSA) is 70.5 Å². The molecule has 0 aromatic carbocycles. The minimum absolute atomic E-state index is 0.0428. The number of ether oxygens (including phenoxy) is 2. The molecule has 0 aromatic rings. The monoisotopic (exact) mass is 186 g/mol. The maximum atomic E-state index is 5.82. The van der Waals surface area contributed by atoms with Gasteiger partial charge in [0.1, 0.15) is 0 Å². The first kappa shape index (κ1) is 9.40. The predicted molar refractivity (Wildman–Crippen MR) is 49.1 cm³/mol. The molecular formula is C9H18N2O2. The summed E-state index contributed by atoms with van der Waals surface area (Å²) in [5, 5.41) is 0. The summed E-state index contributed by atoms with van der Waals surface area (Å²) < 4.78 is 11.3. The van der Waals surface area contributed by atoms with Gasteiger partial charge in [0.2, 0.25) is 0 Å². The van der Waals surface area contributed by atoms with E-state index in [-0.39, 0.29) is 11.8 Å². The van der Waals surface area contributed by atoms with Gasteiger partial charge < -0.3 is 20.9 Å². The van der Waals surface area contributed by atoms with Gasteiger partial charge in [-0.05, 0) is 12.8 Å². The van der Waals surface area contributed by atoms with Crippen molar-refractivity contribution in [1.29, 1.82) is 0 Å². The van der Waals surface area contributed by atoms with E-state index in [2.05, 4.69) is 0 Å². The molecule has 0 amide bonds.